The summed E-state index contributed by atoms with van der Waals surface area (Å²) in [5, 5.41) is 0. The monoisotopic (exact) mass is 565 g/mol. The molecule has 0 aromatic heterocycles. The topological polar surface area (TPSA) is 9.72 Å². The molecule has 0 radical (unpaired) electrons. The van der Waals surface area contributed by atoms with Crippen molar-refractivity contribution in [1.29, 1.82) is 0 Å². The average Bonchev–Trinajstić information content (AvgIpc) is 2.89. The van der Waals surface area contributed by atoms with Crippen molar-refractivity contribution in [2.45, 2.75) is 41.5 Å². The summed E-state index contributed by atoms with van der Waals surface area (Å²) in [5.74, 6) is 0. The van der Waals surface area contributed by atoms with E-state index in [1.807, 2.05) is 0 Å². The summed E-state index contributed by atoms with van der Waals surface area (Å²) >= 11 is -2.14. The van der Waals surface area contributed by atoms with E-state index in [1.54, 1.807) is 0 Å². The van der Waals surface area contributed by atoms with Gasteiger partial charge >= 0.3 is 216 Å². The summed E-state index contributed by atoms with van der Waals surface area (Å²) in [6.07, 6.45) is 0. The van der Waals surface area contributed by atoms with Crippen LogP contribution < -0.4 is 25.2 Å². The van der Waals surface area contributed by atoms with Gasteiger partial charge in [-0.3, -0.25) is 0 Å². The summed E-state index contributed by atoms with van der Waals surface area (Å²) in [5.41, 5.74) is 3.97. The van der Waals surface area contributed by atoms with Gasteiger partial charge in [0.15, 0.2) is 0 Å². The molecule has 0 saturated heterocycles. The van der Waals surface area contributed by atoms with Crippen LogP contribution in [-0.2, 0) is 0 Å². The molecule has 0 bridgehead atoms. The summed E-state index contributed by atoms with van der Waals surface area (Å²) in [4.78, 5) is 7.26. The number of hydrogen-bond acceptors (Lipinski definition) is 3. The van der Waals surface area contributed by atoms with Gasteiger partial charge in [0.2, 0.25) is 0 Å². The van der Waals surface area contributed by atoms with Crippen LogP contribution in [0.2, 0.25) is 0 Å². The molecule has 3 aromatic rings. The molecule has 0 heterocycles. The molecule has 0 spiro atoms. The van der Waals surface area contributed by atoms with E-state index in [9.17, 15) is 0 Å². The normalized spacial score (nSPS) is 11.0. The Morgan fingerprint density at radius 2 is 0.588 bits per heavy atom. The van der Waals surface area contributed by atoms with E-state index < -0.39 is 20.2 Å². The molecule has 0 N–H and O–H groups in total. The molecule has 0 unspecified atom stereocenters. The zero-order valence-corrected chi connectivity index (χ0v) is 24.5. The molecular formula is C30H42N3Sb. The molecule has 4 heteroatoms. The van der Waals surface area contributed by atoms with E-state index in [4.69, 9.17) is 0 Å². The van der Waals surface area contributed by atoms with Crippen molar-refractivity contribution in [3.05, 3.63) is 72.8 Å². The molecule has 0 aliphatic heterocycles. The van der Waals surface area contributed by atoms with Gasteiger partial charge in [-0.05, 0) is 0 Å². The van der Waals surface area contributed by atoms with E-state index in [-0.39, 0.29) is 0 Å². The van der Waals surface area contributed by atoms with Crippen molar-refractivity contribution in [2.24, 2.45) is 0 Å². The van der Waals surface area contributed by atoms with Crippen LogP contribution in [0.3, 0.4) is 0 Å². The first kappa shape index (κ1) is 26.5. The Hall–Kier alpha value is -2.12. The minimum atomic E-state index is -2.14. The van der Waals surface area contributed by atoms with Gasteiger partial charge in [-0.1, -0.05) is 0 Å². The molecule has 0 saturated carbocycles. The molecule has 3 rings (SSSR count). The number of anilines is 3. The number of nitrogens with zero attached hydrogens (tertiary/aromatic N) is 3. The quantitative estimate of drug-likeness (QED) is 0.294. The molecule has 0 aliphatic rings. The van der Waals surface area contributed by atoms with Crippen LogP contribution in [0.5, 0.6) is 0 Å². The second-order valence-corrected chi connectivity index (χ2v) is 14.7. The first-order chi connectivity index (χ1) is 16.6. The Morgan fingerprint density at radius 3 is 0.765 bits per heavy atom. The Bertz CT molecular complexity index is 839. The molecule has 0 atom stereocenters. The van der Waals surface area contributed by atoms with Gasteiger partial charge in [-0.15, -0.1) is 0 Å². The fourth-order valence-corrected chi connectivity index (χ4v) is 11.0. The van der Waals surface area contributed by atoms with E-state index in [1.165, 1.54) is 27.6 Å². The van der Waals surface area contributed by atoms with Crippen molar-refractivity contribution in [3.8, 4) is 0 Å². The van der Waals surface area contributed by atoms with Crippen molar-refractivity contribution in [1.82, 2.24) is 0 Å². The third-order valence-electron chi connectivity index (χ3n) is 6.71. The van der Waals surface area contributed by atoms with Crippen LogP contribution in [0.15, 0.2) is 72.8 Å². The van der Waals surface area contributed by atoms with E-state index in [0.29, 0.717) is 0 Å². The Balaban J connectivity index is 2.01. The number of benzene rings is 3. The van der Waals surface area contributed by atoms with E-state index >= 15 is 0 Å². The van der Waals surface area contributed by atoms with Gasteiger partial charge in [0, 0.05) is 0 Å². The fourth-order valence-electron chi connectivity index (χ4n) is 4.65. The molecular weight excluding hydrogens is 524 g/mol. The van der Waals surface area contributed by atoms with Gasteiger partial charge in [0.25, 0.3) is 0 Å². The molecule has 3 aromatic carbocycles. The van der Waals surface area contributed by atoms with Crippen LogP contribution in [0.1, 0.15) is 41.5 Å². The predicted octanol–water partition coefficient (Wildman–Crippen LogP) is 4.74. The first-order valence-corrected chi connectivity index (χ1v) is 16.8. The molecule has 34 heavy (non-hydrogen) atoms. The van der Waals surface area contributed by atoms with Crippen molar-refractivity contribution in [3.63, 3.8) is 0 Å². The molecule has 182 valence electrons. The molecule has 0 aliphatic carbocycles. The SMILES string of the molecule is CCN(CC)c1cc[c]([Sb]([c]2ccc(N(CC)CC)cc2)[c]2ccc(N(CC)CC)cc2)cc1. The van der Waals surface area contributed by atoms with Crippen LogP contribution in [0, 0.1) is 0 Å². The van der Waals surface area contributed by atoms with Crippen LogP contribution in [-0.4, -0.2) is 59.5 Å². The summed E-state index contributed by atoms with van der Waals surface area (Å²) in [6, 6.07) is 28.3. The second kappa shape index (κ2) is 13.1. The maximum absolute atomic E-state index is 2.42. The zero-order valence-electron chi connectivity index (χ0n) is 22.0. The van der Waals surface area contributed by atoms with Gasteiger partial charge in [-0.25, -0.2) is 0 Å². The molecule has 3 nitrogen and oxygen atoms in total. The van der Waals surface area contributed by atoms with Gasteiger partial charge in [-0.2, -0.15) is 0 Å². The third kappa shape index (κ3) is 6.11. The average molecular weight is 566 g/mol. The van der Waals surface area contributed by atoms with Crippen molar-refractivity contribution >= 4 is 47.8 Å². The van der Waals surface area contributed by atoms with Gasteiger partial charge in [0.1, 0.15) is 0 Å². The van der Waals surface area contributed by atoms with E-state index in [0.717, 1.165) is 39.3 Å². The second-order valence-electron chi connectivity index (χ2n) is 8.40. The minimum absolute atomic E-state index is 1.04. The van der Waals surface area contributed by atoms with E-state index in [2.05, 4.69) is 129 Å². The Kier molecular flexibility index (Phi) is 10.2. The molecule has 0 amide bonds. The van der Waals surface area contributed by atoms with Crippen LogP contribution in [0.25, 0.3) is 0 Å². The number of hydrogen-bond donors (Lipinski definition) is 0. The Labute approximate surface area is 215 Å². The molecule has 0 fully saturated rings. The zero-order chi connectivity index (χ0) is 24.5. The number of rotatable bonds is 12. The maximum atomic E-state index is 2.42. The van der Waals surface area contributed by atoms with Gasteiger partial charge in [0.05, 0.1) is 0 Å². The first-order valence-electron chi connectivity index (χ1n) is 12.9. The Morgan fingerprint density at radius 1 is 0.382 bits per heavy atom. The summed E-state index contributed by atoms with van der Waals surface area (Å²) < 4.78 is 4.56. The van der Waals surface area contributed by atoms with Gasteiger partial charge < -0.3 is 0 Å². The standard InChI is InChI=1S/3C10H14N.Sb/c3*1-3-11(4-2)10-8-6-5-7-9-10;/h3*6-9H,3-4H2,1-2H3;. The van der Waals surface area contributed by atoms with Crippen molar-refractivity contribution in [2.75, 3.05) is 54.0 Å². The van der Waals surface area contributed by atoms with Crippen molar-refractivity contribution < 1.29 is 0 Å². The predicted molar refractivity (Wildman–Crippen MR) is 155 cm³/mol. The third-order valence-corrected chi connectivity index (χ3v) is 13.7. The summed E-state index contributed by atoms with van der Waals surface area (Å²) in [7, 11) is 0. The van der Waals surface area contributed by atoms with Crippen LogP contribution in [0.4, 0.5) is 17.1 Å². The summed E-state index contributed by atoms with van der Waals surface area (Å²) in [6.45, 7) is 19.6. The van der Waals surface area contributed by atoms with Crippen LogP contribution >= 0.6 is 0 Å². The fraction of sp³-hybridized carbons (Fsp3) is 0.400.